The van der Waals surface area contributed by atoms with Gasteiger partial charge in [-0.05, 0) is 31.5 Å². The van der Waals surface area contributed by atoms with Crippen LogP contribution < -0.4 is 10.6 Å². The van der Waals surface area contributed by atoms with E-state index in [1.807, 2.05) is 0 Å². The van der Waals surface area contributed by atoms with Crippen molar-refractivity contribution < 1.29 is 14.4 Å². The fourth-order valence-corrected chi connectivity index (χ4v) is 1.89. The first-order valence-electron chi connectivity index (χ1n) is 6.39. The molecule has 2 amide bonds. The predicted molar refractivity (Wildman–Crippen MR) is 82.6 cm³/mol. The van der Waals surface area contributed by atoms with E-state index in [0.717, 1.165) is 0 Å². The SMILES string of the molecule is CC(=O)CCCC(=O)NCC(=O)Nc1cc(Cl)ccc1Cl. The number of nitrogens with one attached hydrogen (secondary N) is 2. The minimum Gasteiger partial charge on any atom is -0.347 e. The van der Waals surface area contributed by atoms with Gasteiger partial charge in [0, 0.05) is 17.9 Å². The molecule has 0 aromatic heterocycles. The molecule has 0 fully saturated rings. The summed E-state index contributed by atoms with van der Waals surface area (Å²) in [5.41, 5.74) is 0.389. The molecule has 1 aromatic carbocycles. The van der Waals surface area contributed by atoms with Crippen LogP contribution in [-0.4, -0.2) is 24.1 Å². The summed E-state index contributed by atoms with van der Waals surface area (Å²) in [5, 5.41) is 5.84. The number of carbonyl (C=O) groups is 3. The van der Waals surface area contributed by atoms with Gasteiger partial charge in [-0.1, -0.05) is 23.2 Å². The van der Waals surface area contributed by atoms with Crippen LogP contribution in [0, 0.1) is 0 Å². The van der Waals surface area contributed by atoms with Crippen molar-refractivity contribution in [3.05, 3.63) is 28.2 Å². The van der Waals surface area contributed by atoms with Crippen molar-refractivity contribution in [2.24, 2.45) is 0 Å². The lowest BCUT2D eigenvalue weighted by atomic mass is 10.2. The van der Waals surface area contributed by atoms with Crippen LogP contribution in [0.25, 0.3) is 0 Å². The fraction of sp³-hybridized carbons (Fsp3) is 0.357. The van der Waals surface area contributed by atoms with Gasteiger partial charge in [0.25, 0.3) is 0 Å². The number of hydrogen-bond acceptors (Lipinski definition) is 3. The van der Waals surface area contributed by atoms with Crippen LogP contribution in [0.5, 0.6) is 0 Å². The topological polar surface area (TPSA) is 75.3 Å². The molecule has 0 bridgehead atoms. The van der Waals surface area contributed by atoms with Crippen LogP contribution in [0.3, 0.4) is 0 Å². The van der Waals surface area contributed by atoms with Crippen LogP contribution in [0.1, 0.15) is 26.2 Å². The Balaban J connectivity index is 2.35. The molecule has 2 N–H and O–H groups in total. The summed E-state index contributed by atoms with van der Waals surface area (Å²) >= 11 is 11.7. The summed E-state index contributed by atoms with van der Waals surface area (Å²) in [7, 11) is 0. The molecule has 0 unspecified atom stereocenters. The second-order valence-corrected chi connectivity index (χ2v) is 5.35. The first kappa shape index (κ1) is 17.5. The van der Waals surface area contributed by atoms with E-state index in [1.54, 1.807) is 12.1 Å². The van der Waals surface area contributed by atoms with Gasteiger partial charge in [-0.3, -0.25) is 9.59 Å². The number of carbonyl (C=O) groups excluding carboxylic acids is 3. The zero-order valence-electron chi connectivity index (χ0n) is 11.5. The smallest absolute Gasteiger partial charge is 0.243 e. The van der Waals surface area contributed by atoms with Crippen molar-refractivity contribution in [3.63, 3.8) is 0 Å². The Labute approximate surface area is 133 Å². The van der Waals surface area contributed by atoms with E-state index < -0.39 is 5.91 Å². The number of Topliss-reactive ketones (excluding diaryl/α,β-unsaturated/α-hetero) is 1. The molecule has 1 rings (SSSR count). The molecule has 0 atom stereocenters. The predicted octanol–water partition coefficient (Wildman–Crippen LogP) is 2.81. The van der Waals surface area contributed by atoms with Crippen molar-refractivity contribution in [2.45, 2.75) is 26.2 Å². The Hall–Kier alpha value is -1.59. The number of ketones is 1. The zero-order chi connectivity index (χ0) is 15.8. The number of amides is 2. The van der Waals surface area contributed by atoms with Crippen molar-refractivity contribution in [1.82, 2.24) is 5.32 Å². The van der Waals surface area contributed by atoms with Gasteiger partial charge in [-0.2, -0.15) is 0 Å². The van der Waals surface area contributed by atoms with Gasteiger partial charge in [-0.15, -0.1) is 0 Å². The molecule has 0 saturated heterocycles. The van der Waals surface area contributed by atoms with Gasteiger partial charge in [0.1, 0.15) is 5.78 Å². The highest BCUT2D eigenvalue weighted by molar-refractivity contribution is 6.35. The van der Waals surface area contributed by atoms with Gasteiger partial charge in [0.15, 0.2) is 0 Å². The number of benzene rings is 1. The van der Waals surface area contributed by atoms with E-state index in [1.165, 1.54) is 13.0 Å². The van der Waals surface area contributed by atoms with Crippen molar-refractivity contribution >= 4 is 46.5 Å². The van der Waals surface area contributed by atoms with Crippen LogP contribution in [0.15, 0.2) is 18.2 Å². The molecule has 7 heteroatoms. The van der Waals surface area contributed by atoms with Crippen molar-refractivity contribution in [2.75, 3.05) is 11.9 Å². The molecule has 114 valence electrons. The summed E-state index contributed by atoms with van der Waals surface area (Å²) in [6, 6.07) is 4.70. The van der Waals surface area contributed by atoms with Gasteiger partial charge >= 0.3 is 0 Å². The van der Waals surface area contributed by atoms with E-state index in [0.29, 0.717) is 28.6 Å². The van der Waals surface area contributed by atoms with Crippen molar-refractivity contribution in [1.29, 1.82) is 0 Å². The Morgan fingerprint density at radius 3 is 2.48 bits per heavy atom. The van der Waals surface area contributed by atoms with Crippen LogP contribution >= 0.6 is 23.2 Å². The molecule has 0 aliphatic rings. The molecule has 21 heavy (non-hydrogen) atoms. The second-order valence-electron chi connectivity index (χ2n) is 4.50. The van der Waals surface area contributed by atoms with E-state index >= 15 is 0 Å². The van der Waals surface area contributed by atoms with E-state index in [4.69, 9.17) is 23.2 Å². The standard InChI is InChI=1S/C14H16Cl2N2O3/c1-9(19)3-2-4-13(20)17-8-14(21)18-12-7-10(15)5-6-11(12)16/h5-7H,2-4,8H2,1H3,(H,17,20)(H,18,21). The Kier molecular flexibility index (Phi) is 7.19. The molecule has 0 saturated carbocycles. The Morgan fingerprint density at radius 1 is 1.10 bits per heavy atom. The average molecular weight is 331 g/mol. The minimum atomic E-state index is -0.404. The summed E-state index contributed by atoms with van der Waals surface area (Å²) in [5.74, 6) is -0.640. The molecular weight excluding hydrogens is 315 g/mol. The summed E-state index contributed by atoms with van der Waals surface area (Å²) < 4.78 is 0. The van der Waals surface area contributed by atoms with Crippen LogP contribution in [-0.2, 0) is 14.4 Å². The highest BCUT2D eigenvalue weighted by Crippen LogP contribution is 2.25. The lowest BCUT2D eigenvalue weighted by molar-refractivity contribution is -0.124. The molecular formula is C14H16Cl2N2O3. The zero-order valence-corrected chi connectivity index (χ0v) is 13.1. The maximum absolute atomic E-state index is 11.7. The quantitative estimate of drug-likeness (QED) is 0.807. The van der Waals surface area contributed by atoms with Crippen LogP contribution in [0.2, 0.25) is 10.0 Å². The minimum absolute atomic E-state index is 0.0381. The first-order chi connectivity index (χ1) is 9.88. The third kappa shape index (κ3) is 7.11. The fourth-order valence-electron chi connectivity index (χ4n) is 1.55. The number of anilines is 1. The highest BCUT2D eigenvalue weighted by atomic mass is 35.5. The lowest BCUT2D eigenvalue weighted by Crippen LogP contribution is -2.32. The summed E-state index contributed by atoms with van der Waals surface area (Å²) in [6.07, 6.45) is 1.05. The van der Waals surface area contributed by atoms with Crippen molar-refractivity contribution in [3.8, 4) is 0 Å². The average Bonchev–Trinajstić information content (AvgIpc) is 2.40. The molecule has 0 heterocycles. The maximum Gasteiger partial charge on any atom is 0.243 e. The third-order valence-electron chi connectivity index (χ3n) is 2.58. The van der Waals surface area contributed by atoms with Gasteiger partial charge in [-0.25, -0.2) is 0 Å². The molecule has 0 aliphatic heterocycles. The second kappa shape index (κ2) is 8.64. The first-order valence-corrected chi connectivity index (χ1v) is 7.15. The lowest BCUT2D eigenvalue weighted by Gasteiger charge is -2.08. The van der Waals surface area contributed by atoms with Gasteiger partial charge < -0.3 is 15.4 Å². The highest BCUT2D eigenvalue weighted by Gasteiger charge is 2.08. The van der Waals surface area contributed by atoms with Crippen LogP contribution in [0.4, 0.5) is 5.69 Å². The molecule has 1 aromatic rings. The largest absolute Gasteiger partial charge is 0.347 e. The molecule has 5 nitrogen and oxygen atoms in total. The van der Waals surface area contributed by atoms with E-state index in [2.05, 4.69) is 10.6 Å². The summed E-state index contributed by atoms with van der Waals surface area (Å²) in [4.78, 5) is 33.9. The van der Waals surface area contributed by atoms with E-state index in [9.17, 15) is 14.4 Å². The molecule has 0 spiro atoms. The molecule has 0 radical (unpaired) electrons. The Bertz CT molecular complexity index is 547. The van der Waals surface area contributed by atoms with Gasteiger partial charge in [0.05, 0.1) is 17.3 Å². The number of halogens is 2. The Morgan fingerprint density at radius 2 is 1.81 bits per heavy atom. The van der Waals surface area contributed by atoms with Gasteiger partial charge in [0.2, 0.25) is 11.8 Å². The third-order valence-corrected chi connectivity index (χ3v) is 3.15. The van der Waals surface area contributed by atoms with E-state index in [-0.39, 0.29) is 24.7 Å². The number of hydrogen-bond donors (Lipinski definition) is 2. The molecule has 0 aliphatic carbocycles. The number of rotatable bonds is 7. The summed E-state index contributed by atoms with van der Waals surface area (Å²) in [6.45, 7) is 1.31. The maximum atomic E-state index is 11.7. The normalized spacial score (nSPS) is 10.0. The monoisotopic (exact) mass is 330 g/mol.